The van der Waals surface area contributed by atoms with Crippen molar-refractivity contribution < 1.29 is 9.53 Å². The van der Waals surface area contributed by atoms with Crippen molar-refractivity contribution in [1.29, 1.82) is 0 Å². The maximum atomic E-state index is 12.8. The number of anilines is 1. The number of carbonyl (C=O) groups excluding carboxylic acids is 1. The number of nitrogens with zero attached hydrogens (tertiary/aromatic N) is 3. The van der Waals surface area contributed by atoms with E-state index in [1.165, 1.54) is 11.1 Å². The number of urea groups is 1. The number of ether oxygens (including phenoxy) is 1. The van der Waals surface area contributed by atoms with Crippen LogP contribution in [0.1, 0.15) is 29.5 Å². The first-order valence-electron chi connectivity index (χ1n) is 10.5. The van der Waals surface area contributed by atoms with E-state index in [0.717, 1.165) is 16.3 Å². The molecule has 0 saturated carbocycles. The number of rotatable bonds is 3. The molecule has 0 atom stereocenters. The summed E-state index contributed by atoms with van der Waals surface area (Å²) >= 11 is 1.64. The summed E-state index contributed by atoms with van der Waals surface area (Å²) in [6.45, 7) is 5.46. The van der Waals surface area contributed by atoms with Crippen molar-refractivity contribution in [2.75, 3.05) is 31.8 Å². The number of thioether (sulfide) groups is 1. The zero-order chi connectivity index (χ0) is 22.0. The van der Waals surface area contributed by atoms with Gasteiger partial charge in [0.25, 0.3) is 0 Å². The van der Waals surface area contributed by atoms with Gasteiger partial charge in [0.1, 0.15) is 10.8 Å². The van der Waals surface area contributed by atoms with E-state index in [1.807, 2.05) is 35.4 Å². The number of hydrogen-bond donors (Lipinski definition) is 1. The number of hydrogen-bond acceptors (Lipinski definition) is 5. The second-order valence-corrected chi connectivity index (χ2v) is 8.78. The van der Waals surface area contributed by atoms with Crippen LogP contribution in [0.3, 0.4) is 0 Å². The molecule has 162 valence electrons. The number of aliphatic imine (C=N–C) groups is 2. The van der Waals surface area contributed by atoms with E-state index < -0.39 is 5.66 Å². The molecule has 1 fully saturated rings. The summed E-state index contributed by atoms with van der Waals surface area (Å²) in [7, 11) is 1.60. The number of para-hydroxylation sites is 2. The topological polar surface area (TPSA) is 66.3 Å². The standard InChI is InChI=1S/C24H28N4O2S/c1-16-9-10-18(15-17(16)2)21-22(31-4)27-24(26-21)11-13-28(14-12-24)23(29)25-19-7-5-6-8-20(19)30-3/h5-10,15H,11-14H2,1-4H3,(H,25,29). The lowest BCUT2D eigenvalue weighted by atomic mass is 9.98. The van der Waals surface area contributed by atoms with Gasteiger partial charge in [-0.2, -0.15) is 0 Å². The predicted octanol–water partition coefficient (Wildman–Crippen LogP) is 4.90. The van der Waals surface area contributed by atoms with E-state index in [-0.39, 0.29) is 6.03 Å². The van der Waals surface area contributed by atoms with Gasteiger partial charge in [0, 0.05) is 31.5 Å². The SMILES string of the molecule is COc1ccccc1NC(=O)N1CCC2(CC1)N=C(SC)C(c1ccc(C)c(C)c1)=N2. The monoisotopic (exact) mass is 436 g/mol. The Kier molecular flexibility index (Phi) is 6.05. The van der Waals surface area contributed by atoms with Gasteiger partial charge in [0.2, 0.25) is 0 Å². The van der Waals surface area contributed by atoms with Crippen LogP contribution in [0.15, 0.2) is 52.4 Å². The van der Waals surface area contributed by atoms with Crippen molar-refractivity contribution in [2.45, 2.75) is 32.4 Å². The van der Waals surface area contributed by atoms with Crippen LogP contribution < -0.4 is 10.1 Å². The normalized spacial score (nSPS) is 17.4. The number of methoxy groups -OCH3 is 1. The smallest absolute Gasteiger partial charge is 0.321 e. The highest BCUT2D eigenvalue weighted by Crippen LogP contribution is 2.35. The zero-order valence-electron chi connectivity index (χ0n) is 18.4. The minimum atomic E-state index is -0.465. The Hall–Kier alpha value is -2.80. The molecule has 1 saturated heterocycles. The van der Waals surface area contributed by atoms with Crippen LogP contribution in [-0.4, -0.2) is 53.8 Å². The fraction of sp³-hybridized carbons (Fsp3) is 0.375. The lowest BCUT2D eigenvalue weighted by molar-refractivity contribution is 0.175. The van der Waals surface area contributed by atoms with Crippen LogP contribution in [0.5, 0.6) is 5.75 Å². The van der Waals surface area contributed by atoms with Crippen molar-refractivity contribution in [2.24, 2.45) is 9.98 Å². The Morgan fingerprint density at radius 3 is 2.52 bits per heavy atom. The molecule has 2 amide bonds. The molecule has 1 N–H and O–H groups in total. The molecule has 7 heteroatoms. The second kappa shape index (κ2) is 8.75. The molecule has 2 aromatic rings. The molecule has 1 spiro atoms. The van der Waals surface area contributed by atoms with Crippen LogP contribution in [0.2, 0.25) is 0 Å². The van der Waals surface area contributed by atoms with Crippen LogP contribution in [0.25, 0.3) is 0 Å². The lowest BCUT2D eigenvalue weighted by Gasteiger charge is -2.35. The molecule has 2 aliphatic rings. The third kappa shape index (κ3) is 4.32. The van der Waals surface area contributed by atoms with Gasteiger partial charge in [0.05, 0.1) is 18.5 Å². The summed E-state index contributed by atoms with van der Waals surface area (Å²) < 4.78 is 5.33. The van der Waals surface area contributed by atoms with Crippen LogP contribution in [0.4, 0.5) is 10.5 Å². The lowest BCUT2D eigenvalue weighted by Crippen LogP contribution is -2.46. The van der Waals surface area contributed by atoms with Crippen molar-refractivity contribution in [3.8, 4) is 5.75 Å². The first kappa shape index (κ1) is 21.4. The van der Waals surface area contributed by atoms with E-state index in [0.29, 0.717) is 37.4 Å². The predicted molar refractivity (Wildman–Crippen MR) is 129 cm³/mol. The summed E-state index contributed by atoms with van der Waals surface area (Å²) in [6, 6.07) is 13.8. The van der Waals surface area contributed by atoms with Gasteiger partial charge in [0.15, 0.2) is 5.66 Å². The maximum absolute atomic E-state index is 12.8. The highest BCUT2D eigenvalue weighted by Gasteiger charge is 2.40. The Balaban J connectivity index is 1.48. The third-order valence-electron chi connectivity index (χ3n) is 6.01. The summed E-state index contributed by atoms with van der Waals surface area (Å²) in [5.41, 5.74) is 4.83. The first-order valence-corrected chi connectivity index (χ1v) is 11.7. The summed E-state index contributed by atoms with van der Waals surface area (Å²) in [5.74, 6) is 0.650. The van der Waals surface area contributed by atoms with Gasteiger partial charge >= 0.3 is 6.03 Å². The Morgan fingerprint density at radius 1 is 1.10 bits per heavy atom. The number of amides is 2. The van der Waals surface area contributed by atoms with Crippen molar-refractivity contribution >= 4 is 34.2 Å². The molecule has 31 heavy (non-hydrogen) atoms. The second-order valence-electron chi connectivity index (χ2n) is 7.98. The largest absolute Gasteiger partial charge is 0.495 e. The van der Waals surface area contributed by atoms with Gasteiger partial charge in [-0.05, 0) is 49.4 Å². The van der Waals surface area contributed by atoms with E-state index in [1.54, 1.807) is 18.9 Å². The molecule has 0 aromatic heterocycles. The fourth-order valence-corrected chi connectivity index (χ4v) is 4.59. The number of benzene rings is 2. The molecule has 0 bridgehead atoms. The van der Waals surface area contributed by atoms with Crippen molar-refractivity contribution in [1.82, 2.24) is 4.90 Å². The molecular weight excluding hydrogens is 408 g/mol. The molecule has 0 radical (unpaired) electrons. The van der Waals surface area contributed by atoms with Crippen molar-refractivity contribution in [3.63, 3.8) is 0 Å². The summed E-state index contributed by atoms with van der Waals surface area (Å²) in [6.07, 6.45) is 3.47. The molecule has 4 rings (SSSR count). The fourth-order valence-electron chi connectivity index (χ4n) is 3.98. The van der Waals surface area contributed by atoms with Gasteiger partial charge < -0.3 is 15.0 Å². The number of piperidine rings is 1. The number of nitrogens with one attached hydrogen (secondary N) is 1. The third-order valence-corrected chi connectivity index (χ3v) is 6.68. The minimum Gasteiger partial charge on any atom is -0.495 e. The van der Waals surface area contributed by atoms with E-state index in [2.05, 4.69) is 37.4 Å². The molecule has 2 aromatic carbocycles. The number of carbonyl (C=O) groups is 1. The zero-order valence-corrected chi connectivity index (χ0v) is 19.3. The molecular formula is C24H28N4O2S. The van der Waals surface area contributed by atoms with Crippen LogP contribution >= 0.6 is 11.8 Å². The van der Waals surface area contributed by atoms with E-state index in [9.17, 15) is 4.79 Å². The van der Waals surface area contributed by atoms with Gasteiger partial charge in [-0.15, -0.1) is 11.8 Å². The Morgan fingerprint density at radius 2 is 1.84 bits per heavy atom. The van der Waals surface area contributed by atoms with Gasteiger partial charge in [-0.1, -0.05) is 24.3 Å². The highest BCUT2D eigenvalue weighted by atomic mass is 32.2. The molecule has 0 aliphatic carbocycles. The summed E-state index contributed by atoms with van der Waals surface area (Å²) in [4.78, 5) is 24.7. The minimum absolute atomic E-state index is 0.121. The van der Waals surface area contributed by atoms with E-state index >= 15 is 0 Å². The van der Waals surface area contributed by atoms with Crippen LogP contribution in [-0.2, 0) is 0 Å². The van der Waals surface area contributed by atoms with Gasteiger partial charge in [-0.25, -0.2) is 9.79 Å². The Labute approximate surface area is 187 Å². The molecule has 2 heterocycles. The molecule has 6 nitrogen and oxygen atoms in total. The average molecular weight is 437 g/mol. The molecule has 0 unspecified atom stereocenters. The van der Waals surface area contributed by atoms with Crippen LogP contribution in [0, 0.1) is 13.8 Å². The first-order chi connectivity index (χ1) is 14.9. The molecule has 2 aliphatic heterocycles. The average Bonchev–Trinajstić information content (AvgIpc) is 3.14. The highest BCUT2D eigenvalue weighted by molar-refractivity contribution is 8.15. The van der Waals surface area contributed by atoms with Crippen molar-refractivity contribution in [3.05, 3.63) is 59.2 Å². The number of likely N-dealkylation sites (tertiary alicyclic amines) is 1. The quantitative estimate of drug-likeness (QED) is 0.744. The van der Waals surface area contributed by atoms with E-state index in [4.69, 9.17) is 14.7 Å². The summed E-state index contributed by atoms with van der Waals surface area (Å²) in [5, 5.41) is 3.94. The Bertz CT molecular complexity index is 1060. The number of aryl methyl sites for hydroxylation is 2. The van der Waals surface area contributed by atoms with Gasteiger partial charge in [-0.3, -0.25) is 4.99 Å². The maximum Gasteiger partial charge on any atom is 0.321 e.